The number of hydrogen-bond acceptors (Lipinski definition) is 2. The Balaban J connectivity index is 2.81. The fourth-order valence-electron chi connectivity index (χ4n) is 1.04. The molecule has 3 nitrogen and oxygen atoms in total. The molecular weight excluding hydrogens is 227 g/mol. The largest absolute Gasteiger partial charge is 0.479 e. The van der Waals surface area contributed by atoms with Crippen LogP contribution in [0, 0.1) is 0 Å². The van der Waals surface area contributed by atoms with Crippen molar-refractivity contribution < 1.29 is 15.0 Å². The summed E-state index contributed by atoms with van der Waals surface area (Å²) in [6.07, 6.45) is -1.43. The number of carboxylic acid groups (broad SMARTS) is 1. The van der Waals surface area contributed by atoms with Gasteiger partial charge in [0.15, 0.2) is 6.10 Å². The number of aliphatic carboxylic acids is 1. The quantitative estimate of drug-likeness (QED) is 0.842. The van der Waals surface area contributed by atoms with E-state index in [1.54, 1.807) is 18.2 Å². The minimum Gasteiger partial charge on any atom is -0.479 e. The smallest absolute Gasteiger partial charge is 0.332 e. The van der Waals surface area contributed by atoms with Crippen molar-refractivity contribution in [2.45, 2.75) is 12.5 Å². The molecule has 76 valence electrons. The summed E-state index contributed by atoms with van der Waals surface area (Å²) in [6, 6.07) is 4.68. The Kier molecular flexibility index (Phi) is 3.75. The van der Waals surface area contributed by atoms with Crippen LogP contribution in [0.3, 0.4) is 0 Å². The third-order valence-electron chi connectivity index (χ3n) is 1.64. The summed E-state index contributed by atoms with van der Waals surface area (Å²) in [5, 5.41) is 18.4. The van der Waals surface area contributed by atoms with Gasteiger partial charge in [-0.15, -0.1) is 0 Å². The second-order valence-corrected chi connectivity index (χ2v) is 3.71. The molecule has 0 saturated carbocycles. The monoisotopic (exact) mass is 234 g/mol. The summed E-state index contributed by atoms with van der Waals surface area (Å²) in [5.41, 5.74) is 0.595. The van der Waals surface area contributed by atoms with Gasteiger partial charge in [0.05, 0.1) is 0 Å². The highest BCUT2D eigenvalue weighted by molar-refractivity contribution is 6.34. The molecule has 0 bridgehead atoms. The first-order valence-corrected chi connectivity index (χ1v) is 4.60. The molecule has 1 atom stereocenters. The molecule has 14 heavy (non-hydrogen) atoms. The number of halogens is 2. The topological polar surface area (TPSA) is 57.5 Å². The van der Waals surface area contributed by atoms with Gasteiger partial charge in [0.1, 0.15) is 0 Å². The van der Waals surface area contributed by atoms with Gasteiger partial charge in [-0.05, 0) is 23.8 Å². The third kappa shape index (κ3) is 3.18. The summed E-state index contributed by atoms with van der Waals surface area (Å²) < 4.78 is 0. The first kappa shape index (κ1) is 11.3. The molecule has 2 N–H and O–H groups in total. The zero-order chi connectivity index (χ0) is 10.7. The second kappa shape index (κ2) is 4.64. The lowest BCUT2D eigenvalue weighted by Crippen LogP contribution is -2.21. The van der Waals surface area contributed by atoms with Crippen LogP contribution < -0.4 is 0 Å². The summed E-state index contributed by atoms with van der Waals surface area (Å²) in [7, 11) is 0. The maximum atomic E-state index is 10.4. The number of hydrogen-bond donors (Lipinski definition) is 2. The van der Waals surface area contributed by atoms with Gasteiger partial charge in [-0.1, -0.05) is 23.2 Å². The molecule has 0 aliphatic rings. The Labute approximate surface area is 90.9 Å². The molecule has 1 unspecified atom stereocenters. The lowest BCUT2D eigenvalue weighted by Gasteiger charge is -2.06. The number of aliphatic hydroxyl groups is 1. The summed E-state index contributed by atoms with van der Waals surface area (Å²) in [4.78, 5) is 10.4. The molecule has 0 fully saturated rings. The van der Waals surface area contributed by atoms with Gasteiger partial charge in [0, 0.05) is 16.5 Å². The average Bonchev–Trinajstić information content (AvgIpc) is 2.01. The molecule has 1 rings (SSSR count). The molecule has 0 saturated heterocycles. The minimum absolute atomic E-state index is 0.00435. The summed E-state index contributed by atoms with van der Waals surface area (Å²) >= 11 is 11.4. The number of rotatable bonds is 3. The predicted octanol–water partition coefficient (Wildman–Crippen LogP) is 1.98. The summed E-state index contributed by atoms with van der Waals surface area (Å²) in [5.74, 6) is -1.26. The van der Waals surface area contributed by atoms with Gasteiger partial charge in [-0.3, -0.25) is 0 Å². The van der Waals surface area contributed by atoms with Crippen molar-refractivity contribution in [3.05, 3.63) is 33.8 Å². The van der Waals surface area contributed by atoms with Crippen molar-refractivity contribution in [1.29, 1.82) is 0 Å². The van der Waals surface area contributed by atoms with E-state index in [2.05, 4.69) is 0 Å². The van der Waals surface area contributed by atoms with E-state index >= 15 is 0 Å². The van der Waals surface area contributed by atoms with Crippen LogP contribution in [0.25, 0.3) is 0 Å². The lowest BCUT2D eigenvalue weighted by atomic mass is 10.1. The summed E-state index contributed by atoms with van der Waals surface area (Å²) in [6.45, 7) is 0. The van der Waals surface area contributed by atoms with E-state index in [0.717, 1.165) is 0 Å². The van der Waals surface area contributed by atoms with E-state index in [-0.39, 0.29) is 6.42 Å². The van der Waals surface area contributed by atoms with Gasteiger partial charge in [-0.2, -0.15) is 0 Å². The zero-order valence-corrected chi connectivity index (χ0v) is 8.59. The van der Waals surface area contributed by atoms with Crippen LogP contribution >= 0.6 is 23.2 Å². The van der Waals surface area contributed by atoms with Crippen LogP contribution in [0.4, 0.5) is 0 Å². The van der Waals surface area contributed by atoms with E-state index in [1.807, 2.05) is 0 Å². The van der Waals surface area contributed by atoms with Gasteiger partial charge in [-0.25, -0.2) is 4.79 Å². The van der Waals surface area contributed by atoms with E-state index in [0.29, 0.717) is 15.6 Å². The molecule has 5 heteroatoms. The van der Waals surface area contributed by atoms with Crippen molar-refractivity contribution >= 4 is 29.2 Å². The molecule has 0 aliphatic carbocycles. The first-order chi connectivity index (χ1) is 6.49. The van der Waals surface area contributed by atoms with E-state index < -0.39 is 12.1 Å². The molecule has 0 heterocycles. The van der Waals surface area contributed by atoms with E-state index in [9.17, 15) is 4.79 Å². The van der Waals surface area contributed by atoms with Crippen LogP contribution in [0.2, 0.25) is 10.0 Å². The standard InChI is InChI=1S/C9H8Cl2O3/c10-6-1-5(2-7(11)4-6)3-8(12)9(13)14/h1-2,4,8,12H,3H2,(H,13,14). The van der Waals surface area contributed by atoms with Gasteiger partial charge < -0.3 is 10.2 Å². The number of carbonyl (C=O) groups is 1. The van der Waals surface area contributed by atoms with Gasteiger partial charge in [0.25, 0.3) is 0 Å². The van der Waals surface area contributed by atoms with Crippen LogP contribution in [0.5, 0.6) is 0 Å². The number of aliphatic hydroxyl groups excluding tert-OH is 1. The van der Waals surface area contributed by atoms with Crippen LogP contribution in [-0.4, -0.2) is 22.3 Å². The molecule has 0 radical (unpaired) electrons. The Morgan fingerprint density at radius 3 is 2.21 bits per heavy atom. The van der Waals surface area contributed by atoms with Crippen molar-refractivity contribution in [2.24, 2.45) is 0 Å². The molecule has 1 aromatic rings. The normalized spacial score (nSPS) is 12.5. The molecule has 0 aromatic heterocycles. The average molecular weight is 235 g/mol. The Hall–Kier alpha value is -0.770. The molecule has 1 aromatic carbocycles. The molecule has 0 spiro atoms. The fraction of sp³-hybridized carbons (Fsp3) is 0.222. The maximum Gasteiger partial charge on any atom is 0.332 e. The van der Waals surface area contributed by atoms with Gasteiger partial charge in [0.2, 0.25) is 0 Å². The third-order valence-corrected chi connectivity index (χ3v) is 2.07. The van der Waals surface area contributed by atoms with Crippen LogP contribution in [-0.2, 0) is 11.2 Å². The SMILES string of the molecule is O=C(O)C(O)Cc1cc(Cl)cc(Cl)c1. The van der Waals surface area contributed by atoms with E-state index in [4.69, 9.17) is 33.4 Å². The Morgan fingerprint density at radius 1 is 1.29 bits per heavy atom. The lowest BCUT2D eigenvalue weighted by molar-refractivity contribution is -0.146. The van der Waals surface area contributed by atoms with Crippen molar-refractivity contribution in [3.8, 4) is 0 Å². The maximum absolute atomic E-state index is 10.4. The molecular formula is C9H8Cl2O3. The highest BCUT2D eigenvalue weighted by Crippen LogP contribution is 2.19. The molecule has 0 amide bonds. The predicted molar refractivity (Wildman–Crippen MR) is 53.8 cm³/mol. The Morgan fingerprint density at radius 2 is 1.79 bits per heavy atom. The highest BCUT2D eigenvalue weighted by atomic mass is 35.5. The number of benzene rings is 1. The van der Waals surface area contributed by atoms with Crippen LogP contribution in [0.1, 0.15) is 5.56 Å². The minimum atomic E-state index is -1.43. The zero-order valence-electron chi connectivity index (χ0n) is 7.08. The highest BCUT2D eigenvalue weighted by Gasteiger charge is 2.14. The Bertz CT molecular complexity index is 332. The van der Waals surface area contributed by atoms with Crippen molar-refractivity contribution in [3.63, 3.8) is 0 Å². The fourth-order valence-corrected chi connectivity index (χ4v) is 1.61. The first-order valence-electron chi connectivity index (χ1n) is 3.85. The van der Waals surface area contributed by atoms with E-state index in [1.165, 1.54) is 0 Å². The van der Waals surface area contributed by atoms with Crippen molar-refractivity contribution in [1.82, 2.24) is 0 Å². The second-order valence-electron chi connectivity index (χ2n) is 2.84. The van der Waals surface area contributed by atoms with Crippen molar-refractivity contribution in [2.75, 3.05) is 0 Å². The number of carboxylic acids is 1. The van der Waals surface area contributed by atoms with Gasteiger partial charge >= 0.3 is 5.97 Å². The molecule has 0 aliphatic heterocycles. The van der Waals surface area contributed by atoms with Crippen LogP contribution in [0.15, 0.2) is 18.2 Å².